The molecule has 0 aromatic heterocycles. The fraction of sp³-hybridized carbons (Fsp3) is 0.467. The zero-order chi connectivity index (χ0) is 12.0. The number of terminal acetylenes is 1. The van der Waals surface area contributed by atoms with Crippen LogP contribution in [-0.4, -0.2) is 7.11 Å². The Morgan fingerprint density at radius 1 is 1.38 bits per heavy atom. The second kappa shape index (κ2) is 6.23. The van der Waals surface area contributed by atoms with E-state index in [1.54, 1.807) is 7.11 Å². The number of hydrogen-bond donors (Lipinski definition) is 0. The summed E-state index contributed by atoms with van der Waals surface area (Å²) in [5.41, 5.74) is 2.59. The zero-order valence-corrected chi connectivity index (χ0v) is 10.4. The average Bonchev–Trinajstić information content (AvgIpc) is 2.35. The Balaban J connectivity index is 3.11. The van der Waals surface area contributed by atoms with Crippen molar-refractivity contribution >= 4 is 0 Å². The molecule has 0 amide bonds. The normalized spacial score (nSPS) is 11.9. The quantitative estimate of drug-likeness (QED) is 0.681. The van der Waals surface area contributed by atoms with E-state index in [0.29, 0.717) is 5.92 Å². The first-order valence-corrected chi connectivity index (χ1v) is 5.87. The highest BCUT2D eigenvalue weighted by Crippen LogP contribution is 2.32. The first-order chi connectivity index (χ1) is 7.76. The van der Waals surface area contributed by atoms with Gasteiger partial charge < -0.3 is 4.74 Å². The smallest absolute Gasteiger partial charge is 0.122 e. The van der Waals surface area contributed by atoms with Crippen LogP contribution in [0.5, 0.6) is 5.75 Å². The lowest BCUT2D eigenvalue weighted by molar-refractivity contribution is 0.404. The molecule has 0 saturated carbocycles. The molecule has 1 unspecified atom stereocenters. The van der Waals surface area contributed by atoms with Crippen LogP contribution in [0.15, 0.2) is 18.2 Å². The van der Waals surface area contributed by atoms with Crippen molar-refractivity contribution in [2.24, 2.45) is 0 Å². The Kier molecular flexibility index (Phi) is 4.92. The predicted octanol–water partition coefficient (Wildman–Crippen LogP) is 3.77. The van der Waals surface area contributed by atoms with Gasteiger partial charge in [-0.2, -0.15) is 0 Å². The van der Waals surface area contributed by atoms with Gasteiger partial charge in [0.15, 0.2) is 0 Å². The van der Waals surface area contributed by atoms with Crippen molar-refractivity contribution in [1.82, 2.24) is 0 Å². The fourth-order valence-electron chi connectivity index (χ4n) is 1.94. The topological polar surface area (TPSA) is 9.23 Å². The third kappa shape index (κ3) is 2.79. The average molecular weight is 216 g/mol. The minimum Gasteiger partial charge on any atom is -0.496 e. The molecule has 0 spiro atoms. The molecule has 0 heterocycles. The molecular weight excluding hydrogens is 196 g/mol. The monoisotopic (exact) mass is 216 g/mol. The van der Waals surface area contributed by atoms with Crippen molar-refractivity contribution in [3.8, 4) is 18.1 Å². The maximum Gasteiger partial charge on any atom is 0.122 e. The second-order valence-electron chi connectivity index (χ2n) is 3.94. The van der Waals surface area contributed by atoms with Gasteiger partial charge >= 0.3 is 0 Å². The highest BCUT2D eigenvalue weighted by atomic mass is 16.5. The number of aryl methyl sites for hydroxylation is 1. The summed E-state index contributed by atoms with van der Waals surface area (Å²) in [6.45, 7) is 4.33. The molecule has 0 bridgehead atoms. The first-order valence-electron chi connectivity index (χ1n) is 5.87. The van der Waals surface area contributed by atoms with Crippen molar-refractivity contribution in [1.29, 1.82) is 0 Å². The molecule has 0 N–H and O–H groups in total. The van der Waals surface area contributed by atoms with Crippen LogP contribution in [0.4, 0.5) is 0 Å². The van der Waals surface area contributed by atoms with E-state index in [0.717, 1.165) is 25.0 Å². The van der Waals surface area contributed by atoms with Crippen LogP contribution in [0.25, 0.3) is 0 Å². The second-order valence-corrected chi connectivity index (χ2v) is 3.94. The van der Waals surface area contributed by atoms with Gasteiger partial charge in [0, 0.05) is 6.42 Å². The van der Waals surface area contributed by atoms with E-state index in [-0.39, 0.29) is 0 Å². The number of hydrogen-bond acceptors (Lipinski definition) is 1. The van der Waals surface area contributed by atoms with Gasteiger partial charge in [-0.05, 0) is 36.0 Å². The Morgan fingerprint density at radius 2 is 2.12 bits per heavy atom. The number of ether oxygens (including phenoxy) is 1. The van der Waals surface area contributed by atoms with E-state index in [2.05, 4.69) is 31.9 Å². The van der Waals surface area contributed by atoms with E-state index in [1.807, 2.05) is 6.07 Å². The molecule has 86 valence electrons. The lowest BCUT2D eigenvalue weighted by Gasteiger charge is -2.17. The van der Waals surface area contributed by atoms with Gasteiger partial charge in [-0.3, -0.25) is 0 Å². The summed E-state index contributed by atoms with van der Waals surface area (Å²) in [5, 5.41) is 0. The summed E-state index contributed by atoms with van der Waals surface area (Å²) in [6.07, 6.45) is 8.29. The molecule has 0 aliphatic heterocycles. The molecule has 1 aromatic rings. The van der Waals surface area contributed by atoms with Crippen LogP contribution in [0.2, 0.25) is 0 Å². The van der Waals surface area contributed by atoms with Gasteiger partial charge in [0.25, 0.3) is 0 Å². The molecule has 1 atom stereocenters. The Labute approximate surface area is 98.8 Å². The van der Waals surface area contributed by atoms with E-state index >= 15 is 0 Å². The van der Waals surface area contributed by atoms with E-state index in [9.17, 15) is 0 Å². The van der Waals surface area contributed by atoms with Crippen LogP contribution < -0.4 is 4.74 Å². The van der Waals surface area contributed by atoms with Crippen LogP contribution in [0.1, 0.15) is 43.7 Å². The van der Waals surface area contributed by atoms with Crippen molar-refractivity contribution in [3.05, 3.63) is 29.3 Å². The fourth-order valence-corrected chi connectivity index (χ4v) is 1.94. The van der Waals surface area contributed by atoms with Crippen molar-refractivity contribution in [2.75, 3.05) is 7.11 Å². The number of benzene rings is 1. The predicted molar refractivity (Wildman–Crippen MR) is 68.9 cm³/mol. The molecule has 16 heavy (non-hydrogen) atoms. The molecule has 0 radical (unpaired) electrons. The largest absolute Gasteiger partial charge is 0.496 e. The van der Waals surface area contributed by atoms with Crippen LogP contribution in [-0.2, 0) is 6.42 Å². The zero-order valence-electron chi connectivity index (χ0n) is 10.4. The molecule has 1 nitrogen and oxygen atoms in total. The molecule has 0 aliphatic carbocycles. The molecule has 1 heteroatoms. The van der Waals surface area contributed by atoms with E-state index < -0.39 is 0 Å². The van der Waals surface area contributed by atoms with E-state index in [4.69, 9.17) is 11.2 Å². The highest BCUT2D eigenvalue weighted by Gasteiger charge is 2.13. The lowest BCUT2D eigenvalue weighted by Crippen LogP contribution is -2.01. The van der Waals surface area contributed by atoms with Crippen molar-refractivity contribution < 1.29 is 4.74 Å². The number of rotatable bonds is 5. The van der Waals surface area contributed by atoms with Gasteiger partial charge in [0.2, 0.25) is 0 Å². The summed E-state index contributed by atoms with van der Waals surface area (Å²) in [5.74, 6) is 4.12. The summed E-state index contributed by atoms with van der Waals surface area (Å²) in [7, 11) is 1.72. The standard InChI is InChI=1S/C15H20O/c1-5-8-13(7-3)14-11-12(6-2)9-10-15(14)16-4/h1,9-11,13H,6-8H2,2-4H3. The van der Waals surface area contributed by atoms with E-state index in [1.165, 1.54) is 11.1 Å². The van der Waals surface area contributed by atoms with Gasteiger partial charge in [-0.1, -0.05) is 26.0 Å². The van der Waals surface area contributed by atoms with Crippen LogP contribution >= 0.6 is 0 Å². The molecule has 1 rings (SSSR count). The Bertz CT molecular complexity index is 374. The Morgan fingerprint density at radius 3 is 2.62 bits per heavy atom. The molecule has 0 fully saturated rings. The van der Waals surface area contributed by atoms with Crippen LogP contribution in [0.3, 0.4) is 0 Å². The highest BCUT2D eigenvalue weighted by molar-refractivity contribution is 5.40. The summed E-state index contributed by atoms with van der Waals surface area (Å²) in [4.78, 5) is 0. The first kappa shape index (κ1) is 12.6. The maximum atomic E-state index is 5.41. The van der Waals surface area contributed by atoms with Crippen molar-refractivity contribution in [2.45, 2.75) is 39.0 Å². The minimum absolute atomic E-state index is 0.409. The van der Waals surface area contributed by atoms with Gasteiger partial charge in [-0.25, -0.2) is 0 Å². The van der Waals surface area contributed by atoms with Gasteiger partial charge in [-0.15, -0.1) is 12.3 Å². The maximum absolute atomic E-state index is 5.41. The molecule has 1 aromatic carbocycles. The molecule has 0 saturated heterocycles. The summed E-state index contributed by atoms with van der Waals surface area (Å²) >= 11 is 0. The molecule has 0 aliphatic rings. The van der Waals surface area contributed by atoms with Gasteiger partial charge in [0.1, 0.15) is 5.75 Å². The third-order valence-corrected chi connectivity index (χ3v) is 3.00. The van der Waals surface area contributed by atoms with Crippen LogP contribution in [0, 0.1) is 12.3 Å². The summed E-state index contributed by atoms with van der Waals surface area (Å²) < 4.78 is 5.41. The summed E-state index contributed by atoms with van der Waals surface area (Å²) in [6, 6.07) is 6.39. The van der Waals surface area contributed by atoms with Gasteiger partial charge in [0.05, 0.1) is 7.11 Å². The minimum atomic E-state index is 0.409. The number of methoxy groups -OCH3 is 1. The third-order valence-electron chi connectivity index (χ3n) is 3.00. The SMILES string of the molecule is C#CCC(CC)c1cc(CC)ccc1OC. The lowest BCUT2D eigenvalue weighted by atomic mass is 9.91. The Hall–Kier alpha value is -1.42. The van der Waals surface area contributed by atoms with Crippen molar-refractivity contribution in [3.63, 3.8) is 0 Å². The molecular formula is C15H20O.